The molecule has 0 spiro atoms. The summed E-state index contributed by atoms with van der Waals surface area (Å²) in [6.07, 6.45) is 2.30. The maximum absolute atomic E-state index is 12.5. The van der Waals surface area contributed by atoms with Crippen LogP contribution in [0.25, 0.3) is 11.0 Å². The van der Waals surface area contributed by atoms with Crippen LogP contribution in [-0.4, -0.2) is 58.8 Å². The number of amides is 1. The Morgan fingerprint density at radius 3 is 2.47 bits per heavy atom. The van der Waals surface area contributed by atoms with E-state index in [4.69, 9.17) is 9.47 Å². The van der Waals surface area contributed by atoms with Crippen LogP contribution in [0.5, 0.6) is 0 Å². The van der Waals surface area contributed by atoms with Gasteiger partial charge in [-0.2, -0.15) is 5.26 Å². The molecule has 9 nitrogen and oxygen atoms in total. The highest BCUT2D eigenvalue weighted by Gasteiger charge is 2.35. The fourth-order valence-corrected chi connectivity index (χ4v) is 3.27. The van der Waals surface area contributed by atoms with Gasteiger partial charge in [0.05, 0.1) is 24.2 Å². The molecule has 1 fully saturated rings. The van der Waals surface area contributed by atoms with Gasteiger partial charge in [-0.1, -0.05) is 12.1 Å². The number of methoxy groups -OCH3 is 1. The summed E-state index contributed by atoms with van der Waals surface area (Å²) in [5.74, 6) is -1.52. The molecule has 1 atom stereocenters. The third-order valence-corrected chi connectivity index (χ3v) is 4.92. The third-order valence-electron chi connectivity index (χ3n) is 4.92. The minimum absolute atomic E-state index is 0.225. The van der Waals surface area contributed by atoms with Crippen LogP contribution in [0.2, 0.25) is 0 Å². The Labute approximate surface area is 187 Å². The smallest absolute Gasteiger partial charge is 0.410 e. The van der Waals surface area contributed by atoms with Crippen molar-refractivity contribution in [2.75, 3.05) is 25.5 Å². The van der Waals surface area contributed by atoms with Crippen molar-refractivity contribution in [1.29, 1.82) is 5.26 Å². The predicted octanol–water partition coefficient (Wildman–Crippen LogP) is 3.61. The van der Waals surface area contributed by atoms with Crippen LogP contribution >= 0.6 is 0 Å². The lowest BCUT2D eigenvalue weighted by Crippen LogP contribution is -2.39. The van der Waals surface area contributed by atoms with Gasteiger partial charge in [0.15, 0.2) is 11.7 Å². The predicted molar refractivity (Wildman–Crippen MR) is 119 cm³/mol. The van der Waals surface area contributed by atoms with Crippen molar-refractivity contribution in [1.82, 2.24) is 14.9 Å². The van der Waals surface area contributed by atoms with Crippen molar-refractivity contribution in [3.05, 3.63) is 30.0 Å². The minimum Gasteiger partial charge on any atom is -0.468 e. The molecule has 1 N–H and O–H groups in total. The Bertz CT molecular complexity index is 1020. The van der Waals surface area contributed by atoms with Gasteiger partial charge < -0.3 is 19.7 Å². The van der Waals surface area contributed by atoms with Crippen LogP contribution in [-0.2, 0) is 14.3 Å². The molecule has 0 saturated heterocycles. The Morgan fingerprint density at radius 1 is 1.25 bits per heavy atom. The lowest BCUT2D eigenvalue weighted by Gasteiger charge is -2.27. The quantitative estimate of drug-likeness (QED) is 0.490. The Balaban J connectivity index is 1.72. The Morgan fingerprint density at radius 2 is 1.91 bits per heavy atom. The van der Waals surface area contributed by atoms with Crippen molar-refractivity contribution in [2.24, 2.45) is 0 Å². The largest absolute Gasteiger partial charge is 0.468 e. The van der Waals surface area contributed by atoms with Crippen molar-refractivity contribution in [3.63, 3.8) is 0 Å². The number of esters is 1. The number of fused-ring (bicyclic) bond motifs is 1. The number of nitrogens with zero attached hydrogens (tertiary/aromatic N) is 4. The minimum atomic E-state index is -1.19. The van der Waals surface area contributed by atoms with Crippen LogP contribution in [0.3, 0.4) is 0 Å². The summed E-state index contributed by atoms with van der Waals surface area (Å²) in [7, 11) is 1.23. The number of hydrogen-bond donors (Lipinski definition) is 1. The number of nitriles is 1. The molecule has 32 heavy (non-hydrogen) atoms. The number of nitrogens with one attached hydrogen (secondary N) is 1. The summed E-state index contributed by atoms with van der Waals surface area (Å²) in [4.78, 5) is 35.5. The first-order chi connectivity index (χ1) is 15.2. The van der Waals surface area contributed by atoms with Gasteiger partial charge in [-0.25, -0.2) is 14.8 Å². The first-order valence-corrected chi connectivity index (χ1v) is 10.7. The number of ether oxygens (including phenoxy) is 2. The molecule has 0 aliphatic heterocycles. The van der Waals surface area contributed by atoms with E-state index in [-0.39, 0.29) is 17.8 Å². The first kappa shape index (κ1) is 23.3. The molecular formula is C23H29N5O4. The topological polar surface area (TPSA) is 117 Å². The standard InChI is InChI=1S/C23H29N5O4/c1-23(2,3)32-22(30)28(15-10-11-15)13-7-12-25-20-19(16(14-24)21(29)31-4)26-17-8-5-6-9-18(17)27-20/h5-6,8-9,15-16H,7,10-13H2,1-4H3,(H,25,27)/t16-/m1/s1. The van der Waals surface area contributed by atoms with Gasteiger partial charge in [0, 0.05) is 19.1 Å². The van der Waals surface area contributed by atoms with Crippen molar-refractivity contribution in [3.8, 4) is 6.07 Å². The van der Waals surface area contributed by atoms with E-state index in [0.29, 0.717) is 36.4 Å². The van der Waals surface area contributed by atoms with E-state index in [0.717, 1.165) is 12.8 Å². The first-order valence-electron chi connectivity index (χ1n) is 10.7. The van der Waals surface area contributed by atoms with Crippen molar-refractivity contribution < 1.29 is 19.1 Å². The molecule has 170 valence electrons. The number of anilines is 1. The summed E-state index contributed by atoms with van der Waals surface area (Å²) < 4.78 is 10.3. The Hall–Kier alpha value is -3.41. The highest BCUT2D eigenvalue weighted by atomic mass is 16.6. The zero-order valence-electron chi connectivity index (χ0n) is 18.9. The zero-order valence-corrected chi connectivity index (χ0v) is 18.9. The molecule has 1 heterocycles. The van der Waals surface area contributed by atoms with E-state index < -0.39 is 17.5 Å². The van der Waals surface area contributed by atoms with Crippen LogP contribution in [0.4, 0.5) is 10.6 Å². The average molecular weight is 440 g/mol. The van der Waals surface area contributed by atoms with E-state index in [1.807, 2.05) is 45.0 Å². The number of hydrogen-bond acceptors (Lipinski definition) is 8. The number of para-hydroxylation sites is 2. The third kappa shape index (κ3) is 5.84. The lowest BCUT2D eigenvalue weighted by molar-refractivity contribution is -0.141. The molecule has 1 aliphatic carbocycles. The lowest BCUT2D eigenvalue weighted by atomic mass is 10.1. The highest BCUT2D eigenvalue weighted by Crippen LogP contribution is 2.29. The molecule has 1 aliphatic rings. The zero-order chi connectivity index (χ0) is 23.3. The van der Waals surface area contributed by atoms with Crippen LogP contribution < -0.4 is 5.32 Å². The van der Waals surface area contributed by atoms with E-state index in [1.165, 1.54) is 7.11 Å². The van der Waals surface area contributed by atoms with E-state index in [2.05, 4.69) is 15.3 Å². The molecular weight excluding hydrogens is 410 g/mol. The number of carbonyl (C=O) groups is 2. The van der Waals surface area contributed by atoms with Crippen molar-refractivity contribution in [2.45, 2.75) is 57.6 Å². The molecule has 2 aromatic rings. The molecule has 0 bridgehead atoms. The Kier molecular flexibility index (Phi) is 7.13. The SMILES string of the molecule is COC(=O)[C@H](C#N)c1nc2ccccc2nc1NCCCN(C(=O)OC(C)(C)C)C1CC1. The summed E-state index contributed by atoms with van der Waals surface area (Å²) in [6, 6.07) is 9.43. The van der Waals surface area contributed by atoms with Gasteiger partial charge in [-0.05, 0) is 52.2 Å². The van der Waals surface area contributed by atoms with Gasteiger partial charge in [-0.3, -0.25) is 4.79 Å². The second-order valence-electron chi connectivity index (χ2n) is 8.72. The van der Waals surface area contributed by atoms with Crippen molar-refractivity contribution >= 4 is 28.9 Å². The van der Waals surface area contributed by atoms with Crippen LogP contribution in [0.15, 0.2) is 24.3 Å². The van der Waals surface area contributed by atoms with Crippen LogP contribution in [0, 0.1) is 11.3 Å². The molecule has 0 radical (unpaired) electrons. The maximum Gasteiger partial charge on any atom is 0.410 e. The van der Waals surface area contributed by atoms with Gasteiger partial charge in [0.25, 0.3) is 0 Å². The molecule has 1 amide bonds. The molecule has 1 aromatic carbocycles. The second-order valence-corrected chi connectivity index (χ2v) is 8.72. The van der Waals surface area contributed by atoms with E-state index >= 15 is 0 Å². The summed E-state index contributed by atoms with van der Waals surface area (Å²) in [6.45, 7) is 6.56. The summed E-state index contributed by atoms with van der Waals surface area (Å²) in [5.41, 5.74) is 0.915. The number of aromatic nitrogens is 2. The van der Waals surface area contributed by atoms with E-state index in [1.54, 1.807) is 11.0 Å². The fourth-order valence-electron chi connectivity index (χ4n) is 3.27. The second kappa shape index (κ2) is 9.81. The van der Waals surface area contributed by atoms with Gasteiger partial charge in [0.1, 0.15) is 11.3 Å². The number of benzene rings is 1. The summed E-state index contributed by atoms with van der Waals surface area (Å²) in [5, 5.41) is 12.7. The fraction of sp³-hybridized carbons (Fsp3) is 0.522. The maximum atomic E-state index is 12.5. The molecule has 1 saturated carbocycles. The monoisotopic (exact) mass is 439 g/mol. The molecule has 9 heteroatoms. The molecule has 0 unspecified atom stereocenters. The molecule has 1 aromatic heterocycles. The van der Waals surface area contributed by atoms with Gasteiger partial charge in [-0.15, -0.1) is 0 Å². The van der Waals surface area contributed by atoms with E-state index in [9.17, 15) is 14.9 Å². The van der Waals surface area contributed by atoms with Gasteiger partial charge in [0.2, 0.25) is 0 Å². The average Bonchev–Trinajstić information content (AvgIpc) is 3.57. The number of rotatable bonds is 8. The summed E-state index contributed by atoms with van der Waals surface area (Å²) >= 11 is 0. The number of carbonyl (C=O) groups excluding carboxylic acids is 2. The highest BCUT2D eigenvalue weighted by molar-refractivity contribution is 5.84. The normalized spacial score (nSPS) is 14.3. The molecule has 3 rings (SSSR count). The van der Waals surface area contributed by atoms with Gasteiger partial charge >= 0.3 is 12.1 Å². The van der Waals surface area contributed by atoms with Crippen LogP contribution in [0.1, 0.15) is 51.6 Å².